The lowest BCUT2D eigenvalue weighted by Gasteiger charge is -2.26. The molecule has 1 atom stereocenters. The number of carbonyl (C=O) groups excluding carboxylic acids is 1. The van der Waals surface area contributed by atoms with E-state index in [1.165, 1.54) is 12.1 Å². The fourth-order valence-electron chi connectivity index (χ4n) is 2.72. The van der Waals surface area contributed by atoms with Crippen LogP contribution in [0.15, 0.2) is 48.7 Å². The van der Waals surface area contributed by atoms with Crippen molar-refractivity contribution in [1.82, 2.24) is 15.1 Å². The summed E-state index contributed by atoms with van der Waals surface area (Å²) in [7, 11) is 0. The van der Waals surface area contributed by atoms with Crippen molar-refractivity contribution in [2.45, 2.75) is 34.2 Å². The highest BCUT2D eigenvalue weighted by Gasteiger charge is 2.26. The Hall–Kier alpha value is -2.69. The quantitative estimate of drug-likeness (QED) is 0.752. The number of benzene rings is 2. The maximum Gasteiger partial charge on any atom is 0.223 e. The Balaban J connectivity index is 1.77. The molecular formula is C21H24FN3O. The molecule has 3 aromatic rings. The zero-order valence-corrected chi connectivity index (χ0v) is 15.6. The Morgan fingerprint density at radius 1 is 1.19 bits per heavy atom. The lowest BCUT2D eigenvalue weighted by atomic mass is 9.81. The van der Waals surface area contributed by atoms with Crippen LogP contribution in [0.3, 0.4) is 0 Å². The topological polar surface area (TPSA) is 46.9 Å². The lowest BCUT2D eigenvalue weighted by Crippen LogP contribution is -2.35. The van der Waals surface area contributed by atoms with Crippen LogP contribution in [-0.4, -0.2) is 15.7 Å². The molecule has 0 saturated carbocycles. The fraction of sp³-hybridized carbons (Fsp3) is 0.333. The van der Waals surface area contributed by atoms with E-state index in [-0.39, 0.29) is 23.1 Å². The molecule has 3 rings (SSSR count). The van der Waals surface area contributed by atoms with Crippen LogP contribution in [0.1, 0.15) is 33.3 Å². The average Bonchev–Trinajstić information content (AvgIpc) is 3.02. The second-order valence-corrected chi connectivity index (χ2v) is 7.73. The van der Waals surface area contributed by atoms with Crippen molar-refractivity contribution in [3.8, 4) is 5.69 Å². The number of amides is 1. The van der Waals surface area contributed by atoms with Crippen molar-refractivity contribution < 1.29 is 9.18 Å². The third-order valence-corrected chi connectivity index (χ3v) is 4.86. The molecule has 0 aliphatic rings. The Morgan fingerprint density at radius 2 is 1.88 bits per heavy atom. The van der Waals surface area contributed by atoms with Gasteiger partial charge in [0.25, 0.3) is 0 Å². The molecule has 0 aliphatic heterocycles. The van der Waals surface area contributed by atoms with Crippen molar-refractivity contribution in [3.63, 3.8) is 0 Å². The maximum atomic E-state index is 13.1. The normalized spacial score (nSPS) is 13.0. The van der Waals surface area contributed by atoms with Crippen LogP contribution in [0.2, 0.25) is 0 Å². The highest BCUT2D eigenvalue weighted by molar-refractivity contribution is 5.82. The molecule has 0 spiro atoms. The third kappa shape index (κ3) is 3.77. The molecule has 1 unspecified atom stereocenters. The van der Waals surface area contributed by atoms with Crippen molar-refractivity contribution in [3.05, 3.63) is 60.0 Å². The van der Waals surface area contributed by atoms with Gasteiger partial charge in [0.1, 0.15) is 5.82 Å². The molecule has 136 valence electrons. The molecule has 2 aromatic carbocycles. The summed E-state index contributed by atoms with van der Waals surface area (Å²) in [6.45, 7) is 8.62. The number of fused-ring (bicyclic) bond motifs is 1. The summed E-state index contributed by atoms with van der Waals surface area (Å²) in [4.78, 5) is 12.3. The second kappa shape index (κ2) is 6.90. The first-order valence-electron chi connectivity index (χ1n) is 8.76. The van der Waals surface area contributed by atoms with Gasteiger partial charge < -0.3 is 5.32 Å². The molecular weight excluding hydrogens is 329 g/mol. The lowest BCUT2D eigenvalue weighted by molar-refractivity contribution is -0.127. The molecule has 1 heterocycles. The van der Waals surface area contributed by atoms with Gasteiger partial charge in [-0.3, -0.25) is 4.79 Å². The Labute approximate surface area is 153 Å². The molecule has 1 N–H and O–H groups in total. The van der Waals surface area contributed by atoms with Gasteiger partial charge in [0.05, 0.1) is 17.4 Å². The van der Waals surface area contributed by atoms with E-state index >= 15 is 0 Å². The fourth-order valence-corrected chi connectivity index (χ4v) is 2.72. The van der Waals surface area contributed by atoms with E-state index < -0.39 is 0 Å². The molecule has 5 heteroatoms. The van der Waals surface area contributed by atoms with Crippen LogP contribution in [0.5, 0.6) is 0 Å². The number of nitrogens with zero attached hydrogens (tertiary/aromatic N) is 2. The van der Waals surface area contributed by atoms with E-state index in [0.717, 1.165) is 22.2 Å². The zero-order chi connectivity index (χ0) is 18.9. The van der Waals surface area contributed by atoms with Gasteiger partial charge in [0, 0.05) is 17.8 Å². The first-order valence-corrected chi connectivity index (χ1v) is 8.76. The van der Waals surface area contributed by atoms with Gasteiger partial charge in [-0.2, -0.15) is 5.10 Å². The molecule has 0 aliphatic carbocycles. The smallest absolute Gasteiger partial charge is 0.223 e. The summed E-state index contributed by atoms with van der Waals surface area (Å²) >= 11 is 0. The summed E-state index contributed by atoms with van der Waals surface area (Å²) in [5.41, 5.74) is 2.70. The van der Waals surface area contributed by atoms with Crippen molar-refractivity contribution in [1.29, 1.82) is 0 Å². The van der Waals surface area contributed by atoms with Gasteiger partial charge in [0.15, 0.2) is 0 Å². The number of hydrogen-bond acceptors (Lipinski definition) is 2. The average molecular weight is 353 g/mol. The monoisotopic (exact) mass is 353 g/mol. The van der Waals surface area contributed by atoms with E-state index in [1.54, 1.807) is 23.0 Å². The summed E-state index contributed by atoms with van der Waals surface area (Å²) in [5, 5.41) is 8.38. The number of hydrogen-bond donors (Lipinski definition) is 1. The Kier molecular flexibility index (Phi) is 4.81. The molecule has 1 amide bonds. The number of rotatable bonds is 4. The Morgan fingerprint density at radius 3 is 2.54 bits per heavy atom. The van der Waals surface area contributed by atoms with Crippen molar-refractivity contribution in [2.75, 3.05) is 0 Å². The van der Waals surface area contributed by atoms with Crippen LogP contribution in [0, 0.1) is 17.2 Å². The predicted molar refractivity (Wildman–Crippen MR) is 101 cm³/mol. The largest absolute Gasteiger partial charge is 0.352 e. The second-order valence-electron chi connectivity index (χ2n) is 7.73. The Bertz CT molecular complexity index is 923. The summed E-state index contributed by atoms with van der Waals surface area (Å²) in [5.74, 6) is -0.278. The highest BCUT2D eigenvalue weighted by atomic mass is 19.1. The van der Waals surface area contributed by atoms with Gasteiger partial charge in [-0.1, -0.05) is 33.8 Å². The summed E-state index contributed by atoms with van der Waals surface area (Å²) < 4.78 is 14.9. The zero-order valence-electron chi connectivity index (χ0n) is 15.6. The minimum Gasteiger partial charge on any atom is -0.352 e. The molecule has 26 heavy (non-hydrogen) atoms. The molecule has 0 bridgehead atoms. The first kappa shape index (κ1) is 18.1. The highest BCUT2D eigenvalue weighted by Crippen LogP contribution is 2.25. The molecule has 1 aromatic heterocycles. The van der Waals surface area contributed by atoms with Crippen LogP contribution < -0.4 is 5.32 Å². The van der Waals surface area contributed by atoms with Gasteiger partial charge in [-0.25, -0.2) is 9.07 Å². The minimum absolute atomic E-state index is 0.0552. The van der Waals surface area contributed by atoms with E-state index in [1.807, 2.05) is 25.1 Å². The number of nitrogens with one attached hydrogen (secondary N) is 1. The van der Waals surface area contributed by atoms with Crippen LogP contribution in [0.25, 0.3) is 16.6 Å². The maximum absolute atomic E-state index is 13.1. The van der Waals surface area contributed by atoms with Crippen LogP contribution >= 0.6 is 0 Å². The molecule has 0 radical (unpaired) electrons. The summed E-state index contributed by atoms with van der Waals surface area (Å²) in [6, 6.07) is 12.2. The van der Waals surface area contributed by atoms with E-state index in [4.69, 9.17) is 0 Å². The SMILES string of the molecule is CC(C(=O)NCc1ccc2c(cnn2-c2ccc(F)cc2)c1)C(C)(C)C. The van der Waals surface area contributed by atoms with E-state index in [0.29, 0.717) is 6.54 Å². The van der Waals surface area contributed by atoms with Gasteiger partial charge in [-0.05, 0) is 47.4 Å². The van der Waals surface area contributed by atoms with E-state index in [9.17, 15) is 9.18 Å². The number of carbonyl (C=O) groups is 1. The van der Waals surface area contributed by atoms with Gasteiger partial charge in [0.2, 0.25) is 5.91 Å². The minimum atomic E-state index is -0.271. The van der Waals surface area contributed by atoms with E-state index in [2.05, 4.69) is 31.2 Å². The van der Waals surface area contributed by atoms with Crippen LogP contribution in [0.4, 0.5) is 4.39 Å². The standard InChI is InChI=1S/C21H24FN3O/c1-14(21(2,3)4)20(26)23-12-15-5-10-19-16(11-15)13-24-25(19)18-8-6-17(22)7-9-18/h5-11,13-14H,12H2,1-4H3,(H,23,26). The first-order chi connectivity index (χ1) is 12.3. The summed E-state index contributed by atoms with van der Waals surface area (Å²) in [6.07, 6.45) is 1.78. The van der Waals surface area contributed by atoms with Gasteiger partial charge >= 0.3 is 0 Å². The number of aromatic nitrogens is 2. The molecule has 4 nitrogen and oxygen atoms in total. The van der Waals surface area contributed by atoms with Crippen LogP contribution in [-0.2, 0) is 11.3 Å². The molecule has 0 fully saturated rings. The predicted octanol–water partition coefficient (Wildman–Crippen LogP) is 4.46. The van der Waals surface area contributed by atoms with Gasteiger partial charge in [-0.15, -0.1) is 0 Å². The molecule has 0 saturated heterocycles. The number of halogens is 1. The third-order valence-electron chi connectivity index (χ3n) is 4.86. The van der Waals surface area contributed by atoms with Crippen molar-refractivity contribution >= 4 is 16.8 Å². The van der Waals surface area contributed by atoms with Crippen molar-refractivity contribution in [2.24, 2.45) is 11.3 Å².